The summed E-state index contributed by atoms with van der Waals surface area (Å²) in [4.78, 5) is 9.50. The minimum absolute atomic E-state index is 0.0746. The van der Waals surface area contributed by atoms with Gasteiger partial charge in [0.15, 0.2) is 11.5 Å². The van der Waals surface area contributed by atoms with Gasteiger partial charge in [-0.2, -0.15) is 5.26 Å². The number of allylic oxidation sites excluding steroid dienone is 1. The quantitative estimate of drug-likeness (QED) is 0.372. The van der Waals surface area contributed by atoms with Crippen molar-refractivity contribution in [3.8, 4) is 17.6 Å². The second-order valence-corrected chi connectivity index (χ2v) is 7.95. The lowest BCUT2D eigenvalue weighted by Gasteiger charge is -2.10. The molecule has 0 saturated carbocycles. The van der Waals surface area contributed by atoms with E-state index >= 15 is 0 Å². The maximum Gasteiger partial charge on any atom is 0.280 e. The van der Waals surface area contributed by atoms with Crippen molar-refractivity contribution < 1.29 is 22.8 Å². The summed E-state index contributed by atoms with van der Waals surface area (Å²) < 4.78 is 35.8. The van der Waals surface area contributed by atoms with Crippen LogP contribution in [0.4, 0.5) is 5.69 Å². The SMILES string of the molecule is COc1cc(/C=C(/C#N)S(=O)(=O)c2cc(Cl)ccc2Cl)c([N+](=O)[O-])cc1OC. The Bertz CT molecular complexity index is 1120. The van der Waals surface area contributed by atoms with E-state index in [1.165, 1.54) is 32.4 Å². The lowest BCUT2D eigenvalue weighted by atomic mass is 10.1. The zero-order chi connectivity index (χ0) is 21.1. The molecule has 0 saturated heterocycles. The van der Waals surface area contributed by atoms with Crippen LogP contribution in [0.3, 0.4) is 0 Å². The lowest BCUT2D eigenvalue weighted by Crippen LogP contribution is -2.05. The van der Waals surface area contributed by atoms with Crippen molar-refractivity contribution in [2.24, 2.45) is 0 Å². The Morgan fingerprint density at radius 1 is 1.18 bits per heavy atom. The molecule has 0 unspecified atom stereocenters. The van der Waals surface area contributed by atoms with E-state index in [1.54, 1.807) is 6.07 Å². The zero-order valence-electron chi connectivity index (χ0n) is 14.5. The Hall–Kier alpha value is -2.80. The molecule has 146 valence electrons. The maximum absolute atomic E-state index is 12.8. The number of ether oxygens (including phenoxy) is 2. The van der Waals surface area contributed by atoms with Gasteiger partial charge in [0.1, 0.15) is 11.0 Å². The number of benzene rings is 2. The van der Waals surface area contributed by atoms with Gasteiger partial charge in [-0.15, -0.1) is 0 Å². The molecule has 11 heteroatoms. The fourth-order valence-corrected chi connectivity index (χ4v) is 4.18. The van der Waals surface area contributed by atoms with Crippen LogP contribution in [0, 0.1) is 21.4 Å². The van der Waals surface area contributed by atoms with Gasteiger partial charge in [0.05, 0.1) is 40.7 Å². The highest BCUT2D eigenvalue weighted by Gasteiger charge is 2.26. The van der Waals surface area contributed by atoms with Crippen LogP contribution < -0.4 is 9.47 Å². The van der Waals surface area contributed by atoms with Crippen molar-refractivity contribution in [3.63, 3.8) is 0 Å². The second-order valence-electron chi connectivity index (χ2n) is 5.22. The number of nitrogens with zero attached hydrogens (tertiary/aromatic N) is 2. The van der Waals surface area contributed by atoms with Crippen molar-refractivity contribution in [1.29, 1.82) is 5.26 Å². The molecule has 0 amide bonds. The van der Waals surface area contributed by atoms with Crippen molar-refractivity contribution in [2.75, 3.05) is 14.2 Å². The number of sulfone groups is 1. The Balaban J connectivity index is 2.75. The number of nitriles is 1. The Kier molecular flexibility index (Phi) is 6.51. The predicted molar refractivity (Wildman–Crippen MR) is 103 cm³/mol. The molecule has 0 bridgehead atoms. The lowest BCUT2D eigenvalue weighted by molar-refractivity contribution is -0.385. The molecule has 8 nitrogen and oxygen atoms in total. The van der Waals surface area contributed by atoms with Crippen LogP contribution in [0.5, 0.6) is 11.5 Å². The van der Waals surface area contributed by atoms with Crippen LogP contribution in [0.15, 0.2) is 40.1 Å². The molecule has 28 heavy (non-hydrogen) atoms. The van der Waals surface area contributed by atoms with Gasteiger partial charge in [0, 0.05) is 5.02 Å². The minimum Gasteiger partial charge on any atom is -0.493 e. The molecule has 0 heterocycles. The number of hydrogen-bond acceptors (Lipinski definition) is 7. The topological polar surface area (TPSA) is 120 Å². The third-order valence-corrected chi connectivity index (χ3v) is 5.98. The van der Waals surface area contributed by atoms with Crippen LogP contribution in [-0.2, 0) is 9.84 Å². The van der Waals surface area contributed by atoms with Gasteiger partial charge in [-0.3, -0.25) is 10.1 Å². The average Bonchev–Trinajstić information content (AvgIpc) is 2.66. The van der Waals surface area contributed by atoms with E-state index in [9.17, 15) is 23.8 Å². The summed E-state index contributed by atoms with van der Waals surface area (Å²) in [7, 11) is -1.79. The molecule has 0 fully saturated rings. The van der Waals surface area contributed by atoms with Crippen molar-refractivity contribution in [2.45, 2.75) is 4.90 Å². The Morgan fingerprint density at radius 3 is 2.32 bits per heavy atom. The van der Waals surface area contributed by atoms with E-state index in [2.05, 4.69) is 0 Å². The normalized spacial score (nSPS) is 11.6. The van der Waals surface area contributed by atoms with E-state index in [4.69, 9.17) is 32.7 Å². The molecule has 2 aromatic carbocycles. The molecule has 0 aliphatic carbocycles. The number of nitro benzene ring substituents is 1. The molecule has 0 aliphatic rings. The highest BCUT2D eigenvalue weighted by Crippen LogP contribution is 2.37. The first kappa shape index (κ1) is 21.5. The van der Waals surface area contributed by atoms with Gasteiger partial charge in [0.2, 0.25) is 9.84 Å². The summed E-state index contributed by atoms with van der Waals surface area (Å²) in [5, 5.41) is 20.7. The van der Waals surface area contributed by atoms with Crippen molar-refractivity contribution in [1.82, 2.24) is 0 Å². The molecule has 0 N–H and O–H groups in total. The summed E-state index contributed by atoms with van der Waals surface area (Å²) in [6.45, 7) is 0. The third-order valence-electron chi connectivity index (χ3n) is 3.60. The standard InChI is InChI=1S/C17H12Cl2N2O6S/c1-26-15-6-10(14(21(22)23)8-16(15)27-2)5-12(9-20)28(24,25)17-7-11(18)3-4-13(17)19/h3-8H,1-2H3/b12-5-. The van der Waals surface area contributed by atoms with Crippen LogP contribution in [0.1, 0.15) is 5.56 Å². The number of halogens is 2. The van der Waals surface area contributed by atoms with Gasteiger partial charge in [-0.1, -0.05) is 23.2 Å². The number of hydrogen-bond donors (Lipinski definition) is 0. The van der Waals surface area contributed by atoms with Gasteiger partial charge in [-0.25, -0.2) is 8.42 Å². The molecule has 2 rings (SSSR count). The average molecular weight is 443 g/mol. The smallest absolute Gasteiger partial charge is 0.280 e. The molecule has 0 radical (unpaired) electrons. The molecule has 0 atom stereocenters. The molecular formula is C17H12Cl2N2O6S. The fraction of sp³-hybridized carbons (Fsp3) is 0.118. The van der Waals surface area contributed by atoms with Crippen molar-refractivity contribution in [3.05, 3.63) is 61.0 Å². The Labute approximate surface area is 170 Å². The fourth-order valence-electron chi connectivity index (χ4n) is 2.27. The summed E-state index contributed by atoms with van der Waals surface area (Å²) in [6, 6.07) is 7.56. The van der Waals surface area contributed by atoms with Gasteiger partial charge in [-0.05, 0) is 30.3 Å². The van der Waals surface area contributed by atoms with E-state index in [0.29, 0.717) is 0 Å². The molecule has 0 spiro atoms. The molecule has 2 aromatic rings. The molecule has 0 aromatic heterocycles. The predicted octanol–water partition coefficient (Wildman–Crippen LogP) is 4.26. The largest absolute Gasteiger partial charge is 0.493 e. The van der Waals surface area contributed by atoms with Gasteiger partial charge >= 0.3 is 0 Å². The minimum atomic E-state index is -4.39. The monoisotopic (exact) mass is 442 g/mol. The van der Waals surface area contributed by atoms with Gasteiger partial charge < -0.3 is 9.47 Å². The molecule has 0 aliphatic heterocycles. The van der Waals surface area contributed by atoms with E-state index in [0.717, 1.165) is 18.2 Å². The van der Waals surface area contributed by atoms with Crippen molar-refractivity contribution >= 4 is 44.8 Å². The van der Waals surface area contributed by atoms with E-state index < -0.39 is 30.2 Å². The van der Waals surface area contributed by atoms with Crippen LogP contribution >= 0.6 is 23.2 Å². The highest BCUT2D eigenvalue weighted by atomic mass is 35.5. The summed E-state index contributed by atoms with van der Waals surface area (Å²) in [5.74, 6) is 0.195. The zero-order valence-corrected chi connectivity index (χ0v) is 16.8. The Morgan fingerprint density at radius 2 is 1.79 bits per heavy atom. The third kappa shape index (κ3) is 4.20. The number of nitro groups is 1. The number of rotatable bonds is 6. The van der Waals surface area contributed by atoms with Crippen LogP contribution in [0.2, 0.25) is 10.0 Å². The summed E-state index contributed by atoms with van der Waals surface area (Å²) >= 11 is 11.8. The first-order valence-corrected chi connectivity index (χ1v) is 9.62. The van der Waals surface area contributed by atoms with E-state index in [1.807, 2.05) is 0 Å². The first-order valence-electron chi connectivity index (χ1n) is 7.38. The highest BCUT2D eigenvalue weighted by molar-refractivity contribution is 7.95. The first-order chi connectivity index (χ1) is 13.1. The van der Waals surface area contributed by atoms with Crippen LogP contribution in [0.25, 0.3) is 6.08 Å². The van der Waals surface area contributed by atoms with E-state index in [-0.39, 0.29) is 27.1 Å². The van der Waals surface area contributed by atoms with Crippen LogP contribution in [-0.4, -0.2) is 27.6 Å². The molecular weight excluding hydrogens is 431 g/mol. The summed E-state index contributed by atoms with van der Waals surface area (Å²) in [6.07, 6.45) is 0.868. The maximum atomic E-state index is 12.8. The summed E-state index contributed by atoms with van der Waals surface area (Å²) in [5.41, 5.74) is -0.640. The second kappa shape index (κ2) is 8.48. The number of methoxy groups -OCH3 is 2. The van der Waals surface area contributed by atoms with Gasteiger partial charge in [0.25, 0.3) is 5.69 Å².